The number of hydrogen-bond acceptors (Lipinski definition) is 4. The van der Waals surface area contributed by atoms with Gasteiger partial charge >= 0.3 is 0 Å². The van der Waals surface area contributed by atoms with Crippen molar-refractivity contribution < 1.29 is 9.47 Å². The highest BCUT2D eigenvalue weighted by molar-refractivity contribution is 4.84. The molecule has 0 bridgehead atoms. The van der Waals surface area contributed by atoms with Gasteiger partial charge in [-0.3, -0.25) is 4.90 Å². The lowest BCUT2D eigenvalue weighted by molar-refractivity contribution is -0.132. The smallest absolute Gasteiger partial charge is 0.0831 e. The molecule has 2 N–H and O–H groups in total. The van der Waals surface area contributed by atoms with E-state index in [2.05, 4.69) is 18.7 Å². The van der Waals surface area contributed by atoms with Gasteiger partial charge in [0, 0.05) is 39.9 Å². The summed E-state index contributed by atoms with van der Waals surface area (Å²) in [6.07, 6.45) is 1.25. The van der Waals surface area contributed by atoms with Crippen LogP contribution in [0.2, 0.25) is 0 Å². The summed E-state index contributed by atoms with van der Waals surface area (Å²) < 4.78 is 10.9. The van der Waals surface area contributed by atoms with Gasteiger partial charge in [0.05, 0.1) is 11.7 Å². The van der Waals surface area contributed by atoms with E-state index < -0.39 is 0 Å². The molecule has 1 saturated heterocycles. The standard InChI is InChI=1S/C11H24N2O2/c1-11(2)9-13(5-4-6-14-3)8-10(7-12)15-11/h10H,4-9,12H2,1-3H3. The number of ether oxygens (including phenoxy) is 2. The van der Waals surface area contributed by atoms with Crippen LogP contribution in [-0.2, 0) is 9.47 Å². The molecule has 0 aromatic heterocycles. The molecule has 0 aromatic carbocycles. The molecular formula is C11H24N2O2. The highest BCUT2D eigenvalue weighted by Crippen LogP contribution is 2.20. The first-order valence-corrected chi connectivity index (χ1v) is 5.66. The maximum atomic E-state index is 5.86. The SMILES string of the molecule is COCCCN1CC(CN)OC(C)(C)C1. The van der Waals surface area contributed by atoms with Crippen LogP contribution >= 0.6 is 0 Å². The second-order valence-electron chi connectivity index (χ2n) is 4.82. The molecule has 4 heteroatoms. The maximum Gasteiger partial charge on any atom is 0.0831 e. The van der Waals surface area contributed by atoms with Crippen LogP contribution in [0.15, 0.2) is 0 Å². The third kappa shape index (κ3) is 4.47. The van der Waals surface area contributed by atoms with Crippen molar-refractivity contribution in [2.75, 3.05) is 39.9 Å². The fraction of sp³-hybridized carbons (Fsp3) is 1.00. The number of hydrogen-bond donors (Lipinski definition) is 1. The van der Waals surface area contributed by atoms with Crippen LogP contribution in [0.3, 0.4) is 0 Å². The van der Waals surface area contributed by atoms with E-state index in [0.717, 1.165) is 32.7 Å². The van der Waals surface area contributed by atoms with E-state index in [-0.39, 0.29) is 11.7 Å². The Morgan fingerprint density at radius 2 is 2.27 bits per heavy atom. The van der Waals surface area contributed by atoms with E-state index in [1.165, 1.54) is 0 Å². The quantitative estimate of drug-likeness (QED) is 0.678. The molecule has 4 nitrogen and oxygen atoms in total. The molecule has 0 saturated carbocycles. The van der Waals surface area contributed by atoms with Gasteiger partial charge in [0.25, 0.3) is 0 Å². The molecule has 1 aliphatic heterocycles. The molecule has 1 fully saturated rings. The number of nitrogens with zero attached hydrogens (tertiary/aromatic N) is 1. The number of rotatable bonds is 5. The number of morpholine rings is 1. The molecule has 1 unspecified atom stereocenters. The van der Waals surface area contributed by atoms with Crippen molar-refractivity contribution in [1.29, 1.82) is 0 Å². The highest BCUT2D eigenvalue weighted by atomic mass is 16.5. The van der Waals surface area contributed by atoms with Crippen molar-refractivity contribution in [3.63, 3.8) is 0 Å². The third-order valence-electron chi connectivity index (χ3n) is 2.64. The fourth-order valence-corrected chi connectivity index (χ4v) is 2.14. The zero-order chi connectivity index (χ0) is 11.3. The van der Waals surface area contributed by atoms with E-state index in [9.17, 15) is 0 Å². The summed E-state index contributed by atoms with van der Waals surface area (Å²) in [5.74, 6) is 0. The molecule has 1 aliphatic rings. The summed E-state index contributed by atoms with van der Waals surface area (Å²) in [5, 5.41) is 0. The summed E-state index contributed by atoms with van der Waals surface area (Å²) in [5.41, 5.74) is 5.59. The van der Waals surface area contributed by atoms with Crippen LogP contribution in [0.5, 0.6) is 0 Å². The minimum atomic E-state index is -0.0740. The Labute approximate surface area is 92.7 Å². The lowest BCUT2D eigenvalue weighted by atomic mass is 10.0. The molecule has 1 rings (SSSR count). The second-order valence-corrected chi connectivity index (χ2v) is 4.82. The van der Waals surface area contributed by atoms with E-state index in [1.54, 1.807) is 7.11 Å². The largest absolute Gasteiger partial charge is 0.385 e. The molecule has 0 aromatic rings. The molecule has 90 valence electrons. The summed E-state index contributed by atoms with van der Waals surface area (Å²) >= 11 is 0. The van der Waals surface area contributed by atoms with Gasteiger partial charge in [0.2, 0.25) is 0 Å². The Morgan fingerprint density at radius 1 is 1.53 bits per heavy atom. The normalized spacial score (nSPS) is 26.8. The number of nitrogens with two attached hydrogens (primary N) is 1. The predicted molar refractivity (Wildman–Crippen MR) is 60.9 cm³/mol. The first kappa shape index (κ1) is 12.9. The van der Waals surface area contributed by atoms with E-state index >= 15 is 0 Å². The van der Waals surface area contributed by atoms with Gasteiger partial charge in [0.1, 0.15) is 0 Å². The molecule has 1 atom stereocenters. The van der Waals surface area contributed by atoms with Crippen LogP contribution in [0.4, 0.5) is 0 Å². The van der Waals surface area contributed by atoms with Crippen LogP contribution in [-0.4, -0.2) is 56.5 Å². The molecule has 0 amide bonds. The van der Waals surface area contributed by atoms with E-state index in [4.69, 9.17) is 15.2 Å². The zero-order valence-electron chi connectivity index (χ0n) is 10.2. The van der Waals surface area contributed by atoms with Crippen molar-refractivity contribution >= 4 is 0 Å². The van der Waals surface area contributed by atoms with Crippen molar-refractivity contribution in [3.8, 4) is 0 Å². The first-order chi connectivity index (χ1) is 7.07. The Hall–Kier alpha value is -0.160. The van der Waals surface area contributed by atoms with Crippen LogP contribution < -0.4 is 5.73 Å². The summed E-state index contributed by atoms with van der Waals surface area (Å²) in [7, 11) is 1.74. The molecule has 1 heterocycles. The molecule has 0 aliphatic carbocycles. The predicted octanol–water partition coefficient (Wildman–Crippen LogP) is 0.461. The zero-order valence-corrected chi connectivity index (χ0v) is 10.2. The van der Waals surface area contributed by atoms with Gasteiger partial charge in [0.15, 0.2) is 0 Å². The lowest BCUT2D eigenvalue weighted by Crippen LogP contribution is -2.54. The third-order valence-corrected chi connectivity index (χ3v) is 2.64. The van der Waals surface area contributed by atoms with Gasteiger partial charge in [-0.2, -0.15) is 0 Å². The van der Waals surface area contributed by atoms with Gasteiger partial charge in [-0.25, -0.2) is 0 Å². The van der Waals surface area contributed by atoms with Gasteiger partial charge in [-0.15, -0.1) is 0 Å². The summed E-state index contributed by atoms with van der Waals surface area (Å²) in [4.78, 5) is 2.42. The highest BCUT2D eigenvalue weighted by Gasteiger charge is 2.32. The van der Waals surface area contributed by atoms with Crippen LogP contribution in [0, 0.1) is 0 Å². The minimum absolute atomic E-state index is 0.0740. The molecule has 0 spiro atoms. The Morgan fingerprint density at radius 3 is 2.87 bits per heavy atom. The van der Waals surface area contributed by atoms with Crippen molar-refractivity contribution in [3.05, 3.63) is 0 Å². The first-order valence-electron chi connectivity index (χ1n) is 5.66. The summed E-state index contributed by atoms with van der Waals surface area (Å²) in [6, 6.07) is 0. The Balaban J connectivity index is 2.36. The number of methoxy groups -OCH3 is 1. The van der Waals surface area contributed by atoms with Crippen LogP contribution in [0.25, 0.3) is 0 Å². The molecule has 0 radical (unpaired) electrons. The second kappa shape index (κ2) is 5.80. The average molecular weight is 216 g/mol. The van der Waals surface area contributed by atoms with Crippen LogP contribution in [0.1, 0.15) is 20.3 Å². The van der Waals surface area contributed by atoms with E-state index in [0.29, 0.717) is 6.54 Å². The van der Waals surface area contributed by atoms with Gasteiger partial charge in [-0.05, 0) is 20.3 Å². The maximum absolute atomic E-state index is 5.86. The topological polar surface area (TPSA) is 47.7 Å². The van der Waals surface area contributed by atoms with E-state index in [1.807, 2.05) is 0 Å². The van der Waals surface area contributed by atoms with Crippen molar-refractivity contribution in [2.45, 2.75) is 32.0 Å². The Bertz CT molecular complexity index is 185. The molecule has 15 heavy (non-hydrogen) atoms. The fourth-order valence-electron chi connectivity index (χ4n) is 2.14. The molecular weight excluding hydrogens is 192 g/mol. The monoisotopic (exact) mass is 216 g/mol. The van der Waals surface area contributed by atoms with Gasteiger partial charge < -0.3 is 15.2 Å². The summed E-state index contributed by atoms with van der Waals surface area (Å²) in [6.45, 7) is 8.67. The van der Waals surface area contributed by atoms with Crippen molar-refractivity contribution in [1.82, 2.24) is 4.90 Å². The minimum Gasteiger partial charge on any atom is -0.385 e. The average Bonchev–Trinajstić information content (AvgIpc) is 2.16. The Kier molecular flexibility index (Phi) is 4.99. The van der Waals surface area contributed by atoms with Crippen molar-refractivity contribution in [2.24, 2.45) is 5.73 Å². The lowest BCUT2D eigenvalue weighted by Gasteiger charge is -2.42. The van der Waals surface area contributed by atoms with Gasteiger partial charge in [-0.1, -0.05) is 0 Å².